The number of nitrogens with zero attached hydrogens (tertiary/aromatic N) is 1. The summed E-state index contributed by atoms with van der Waals surface area (Å²) in [5, 5.41) is 16.1. The number of amides is 1. The summed E-state index contributed by atoms with van der Waals surface area (Å²) < 4.78 is 5.34. The molecule has 3 rings (SSSR count). The maximum atomic E-state index is 11.0. The van der Waals surface area contributed by atoms with Gasteiger partial charge in [0.1, 0.15) is 11.4 Å². The minimum absolute atomic E-state index is 0.108. The van der Waals surface area contributed by atoms with Crippen molar-refractivity contribution in [1.29, 1.82) is 0 Å². The van der Waals surface area contributed by atoms with Crippen LogP contribution in [-0.4, -0.2) is 16.2 Å². The normalized spacial score (nSPS) is 10.4. The molecule has 3 aromatic rings. The lowest BCUT2D eigenvalue weighted by Crippen LogP contribution is -2.05. The highest BCUT2D eigenvalue weighted by Crippen LogP contribution is 2.27. The highest BCUT2D eigenvalue weighted by Gasteiger charge is 2.09. The molecule has 0 spiro atoms. The van der Waals surface area contributed by atoms with Gasteiger partial charge in [0, 0.05) is 29.8 Å². The van der Waals surface area contributed by atoms with Crippen LogP contribution in [0, 0.1) is 0 Å². The van der Waals surface area contributed by atoms with Crippen molar-refractivity contribution in [3.8, 4) is 28.3 Å². The van der Waals surface area contributed by atoms with E-state index in [-0.39, 0.29) is 11.7 Å². The average Bonchev–Trinajstić information content (AvgIpc) is 2.98. The Morgan fingerprint density at radius 3 is 2.32 bits per heavy atom. The third-order valence-electron chi connectivity index (χ3n) is 3.16. The van der Waals surface area contributed by atoms with Gasteiger partial charge < -0.3 is 14.9 Å². The van der Waals surface area contributed by atoms with Crippen molar-refractivity contribution in [3.05, 3.63) is 54.6 Å². The lowest BCUT2D eigenvalue weighted by molar-refractivity contribution is -0.114. The number of anilines is 1. The third-order valence-corrected chi connectivity index (χ3v) is 3.16. The summed E-state index contributed by atoms with van der Waals surface area (Å²) in [7, 11) is 0. The predicted octanol–water partition coefficient (Wildman–Crippen LogP) is 3.67. The van der Waals surface area contributed by atoms with Crippen LogP contribution >= 0.6 is 0 Å². The monoisotopic (exact) mass is 294 g/mol. The molecular formula is C17H14N2O3. The van der Waals surface area contributed by atoms with Gasteiger partial charge in [0.15, 0.2) is 5.76 Å². The molecule has 0 bridgehead atoms. The Morgan fingerprint density at radius 2 is 1.68 bits per heavy atom. The summed E-state index contributed by atoms with van der Waals surface area (Å²) in [6, 6.07) is 15.9. The molecule has 0 saturated carbocycles. The quantitative estimate of drug-likeness (QED) is 0.772. The number of aromatic hydroxyl groups is 1. The first-order valence-corrected chi connectivity index (χ1v) is 6.76. The van der Waals surface area contributed by atoms with Crippen molar-refractivity contribution in [3.63, 3.8) is 0 Å². The molecule has 5 heteroatoms. The predicted molar refractivity (Wildman–Crippen MR) is 83.3 cm³/mol. The van der Waals surface area contributed by atoms with Gasteiger partial charge in [-0.25, -0.2) is 0 Å². The van der Waals surface area contributed by atoms with E-state index in [0.29, 0.717) is 11.5 Å². The van der Waals surface area contributed by atoms with Crippen molar-refractivity contribution in [2.24, 2.45) is 0 Å². The molecule has 0 saturated heterocycles. The lowest BCUT2D eigenvalue weighted by Gasteiger charge is -2.02. The number of hydrogen-bond donors (Lipinski definition) is 2. The van der Waals surface area contributed by atoms with E-state index in [4.69, 9.17) is 4.52 Å². The van der Waals surface area contributed by atoms with Gasteiger partial charge in [0.05, 0.1) is 0 Å². The second-order valence-electron chi connectivity index (χ2n) is 4.88. The van der Waals surface area contributed by atoms with Crippen molar-refractivity contribution >= 4 is 11.6 Å². The molecule has 1 amide bonds. The molecule has 1 aromatic heterocycles. The van der Waals surface area contributed by atoms with Crippen molar-refractivity contribution < 1.29 is 14.4 Å². The first-order valence-electron chi connectivity index (χ1n) is 6.76. The fourth-order valence-electron chi connectivity index (χ4n) is 2.10. The Labute approximate surface area is 127 Å². The number of carbonyl (C=O) groups is 1. The molecule has 0 unspecified atom stereocenters. The molecule has 110 valence electrons. The first-order chi connectivity index (χ1) is 10.6. The van der Waals surface area contributed by atoms with Crippen molar-refractivity contribution in [1.82, 2.24) is 5.16 Å². The number of rotatable bonds is 3. The summed E-state index contributed by atoms with van der Waals surface area (Å²) >= 11 is 0. The molecule has 0 aliphatic heterocycles. The van der Waals surface area contributed by atoms with Crippen molar-refractivity contribution in [2.45, 2.75) is 6.92 Å². The van der Waals surface area contributed by atoms with Crippen LogP contribution in [0.25, 0.3) is 22.6 Å². The van der Waals surface area contributed by atoms with Gasteiger partial charge in [-0.15, -0.1) is 0 Å². The molecule has 22 heavy (non-hydrogen) atoms. The zero-order valence-corrected chi connectivity index (χ0v) is 11.9. The number of hydrogen-bond acceptors (Lipinski definition) is 4. The molecule has 0 aliphatic rings. The Balaban J connectivity index is 1.84. The minimum atomic E-state index is -0.108. The number of carbonyl (C=O) groups excluding carboxylic acids is 1. The molecule has 0 fully saturated rings. The van der Waals surface area contributed by atoms with Gasteiger partial charge in [0.25, 0.3) is 0 Å². The van der Waals surface area contributed by atoms with Crippen LogP contribution in [-0.2, 0) is 4.79 Å². The Kier molecular flexibility index (Phi) is 3.62. The van der Waals surface area contributed by atoms with Crippen LogP contribution in [0.15, 0.2) is 59.1 Å². The SMILES string of the molecule is CC(=O)Nc1ccc(-c2cc(-c3ccc(O)cc3)on2)cc1. The summed E-state index contributed by atoms with van der Waals surface area (Å²) in [4.78, 5) is 11.0. The fourth-order valence-corrected chi connectivity index (χ4v) is 2.10. The molecule has 5 nitrogen and oxygen atoms in total. The molecule has 0 atom stereocenters. The Bertz CT molecular complexity index is 790. The van der Waals surface area contributed by atoms with Gasteiger partial charge >= 0.3 is 0 Å². The van der Waals surface area contributed by atoms with Crippen LogP contribution in [0.4, 0.5) is 5.69 Å². The van der Waals surface area contributed by atoms with Crippen LogP contribution in [0.5, 0.6) is 5.75 Å². The van der Waals surface area contributed by atoms with Crippen LogP contribution in [0.3, 0.4) is 0 Å². The number of nitrogens with one attached hydrogen (secondary N) is 1. The van der Waals surface area contributed by atoms with E-state index in [1.807, 2.05) is 30.3 Å². The highest BCUT2D eigenvalue weighted by atomic mass is 16.5. The lowest BCUT2D eigenvalue weighted by atomic mass is 10.1. The van der Waals surface area contributed by atoms with Crippen molar-refractivity contribution in [2.75, 3.05) is 5.32 Å². The van der Waals surface area contributed by atoms with Crippen LogP contribution < -0.4 is 5.32 Å². The number of aromatic nitrogens is 1. The zero-order valence-electron chi connectivity index (χ0n) is 11.9. The van der Waals surface area contributed by atoms with E-state index in [1.165, 1.54) is 6.92 Å². The van der Waals surface area contributed by atoms with Crippen LogP contribution in [0.1, 0.15) is 6.92 Å². The van der Waals surface area contributed by atoms with E-state index < -0.39 is 0 Å². The topological polar surface area (TPSA) is 75.4 Å². The minimum Gasteiger partial charge on any atom is -0.508 e. The standard InChI is InChI=1S/C17H14N2O3/c1-11(20)18-14-6-2-12(3-7-14)16-10-17(22-19-16)13-4-8-15(21)9-5-13/h2-10,21H,1H3,(H,18,20). The molecule has 0 aliphatic carbocycles. The van der Waals surface area contributed by atoms with Gasteiger partial charge in [0.2, 0.25) is 5.91 Å². The summed E-state index contributed by atoms with van der Waals surface area (Å²) in [6.07, 6.45) is 0. The van der Waals surface area contributed by atoms with E-state index >= 15 is 0 Å². The summed E-state index contributed by atoms with van der Waals surface area (Å²) in [5.74, 6) is 0.724. The smallest absolute Gasteiger partial charge is 0.221 e. The maximum absolute atomic E-state index is 11.0. The number of benzene rings is 2. The molecule has 2 aromatic carbocycles. The zero-order chi connectivity index (χ0) is 15.5. The average molecular weight is 294 g/mol. The Hall–Kier alpha value is -3.08. The molecule has 0 radical (unpaired) electrons. The van der Waals surface area contributed by atoms with E-state index in [9.17, 15) is 9.90 Å². The third kappa shape index (κ3) is 2.98. The second-order valence-corrected chi connectivity index (χ2v) is 4.88. The van der Waals surface area contributed by atoms with E-state index in [0.717, 1.165) is 16.8 Å². The molecule has 2 N–H and O–H groups in total. The van der Waals surface area contributed by atoms with Gasteiger partial charge in [-0.1, -0.05) is 17.3 Å². The largest absolute Gasteiger partial charge is 0.508 e. The number of phenols is 1. The molecular weight excluding hydrogens is 280 g/mol. The van der Waals surface area contributed by atoms with Gasteiger partial charge in [-0.05, 0) is 36.4 Å². The van der Waals surface area contributed by atoms with Gasteiger partial charge in [-0.3, -0.25) is 4.79 Å². The van der Waals surface area contributed by atoms with E-state index in [1.54, 1.807) is 24.3 Å². The second kappa shape index (κ2) is 5.73. The summed E-state index contributed by atoms with van der Waals surface area (Å²) in [6.45, 7) is 1.47. The van der Waals surface area contributed by atoms with E-state index in [2.05, 4.69) is 10.5 Å². The fraction of sp³-hybridized carbons (Fsp3) is 0.0588. The highest BCUT2D eigenvalue weighted by molar-refractivity contribution is 5.88. The summed E-state index contributed by atoms with van der Waals surface area (Å²) in [5.41, 5.74) is 3.17. The first kappa shape index (κ1) is 13.9. The maximum Gasteiger partial charge on any atom is 0.221 e. The number of phenolic OH excluding ortho intramolecular Hbond substituents is 1. The Morgan fingerprint density at radius 1 is 1.05 bits per heavy atom. The molecule has 1 heterocycles. The van der Waals surface area contributed by atoms with Crippen LogP contribution in [0.2, 0.25) is 0 Å². The van der Waals surface area contributed by atoms with Gasteiger partial charge in [-0.2, -0.15) is 0 Å².